The summed E-state index contributed by atoms with van der Waals surface area (Å²) in [7, 11) is 0. The Kier molecular flexibility index (Phi) is 5.64. The molecule has 0 amide bonds. The van der Waals surface area contributed by atoms with Gasteiger partial charge in [-0.2, -0.15) is 0 Å². The van der Waals surface area contributed by atoms with E-state index >= 15 is 0 Å². The molecule has 1 aromatic rings. The Labute approximate surface area is 95.4 Å². The van der Waals surface area contributed by atoms with E-state index in [1.807, 2.05) is 18.2 Å². The van der Waals surface area contributed by atoms with Gasteiger partial charge in [0.05, 0.1) is 6.61 Å². The monoisotopic (exact) mass is 227 g/mol. The molecule has 0 saturated carbocycles. The summed E-state index contributed by atoms with van der Waals surface area (Å²) < 4.78 is 23.3. The van der Waals surface area contributed by atoms with Crippen molar-refractivity contribution in [3.05, 3.63) is 24.3 Å². The molecule has 0 heterocycles. The second-order valence-corrected chi connectivity index (χ2v) is 3.53. The molecule has 0 fully saturated rings. The maximum absolute atomic E-state index is 12.5. The van der Waals surface area contributed by atoms with Crippen molar-refractivity contribution < 1.29 is 13.9 Å². The largest absolute Gasteiger partial charge is 0.493 e. The van der Waals surface area contributed by atoms with Crippen LogP contribution in [0.5, 0.6) is 11.5 Å². The molecule has 0 saturated heterocycles. The van der Waals surface area contributed by atoms with E-state index in [1.165, 1.54) is 6.92 Å². The van der Waals surface area contributed by atoms with Gasteiger partial charge in [-0.15, -0.1) is 0 Å². The van der Waals surface area contributed by atoms with Crippen molar-refractivity contribution in [2.24, 2.45) is 5.73 Å². The van der Waals surface area contributed by atoms with Crippen molar-refractivity contribution in [3.63, 3.8) is 0 Å². The molecule has 0 bridgehead atoms. The Morgan fingerprint density at radius 1 is 1.25 bits per heavy atom. The van der Waals surface area contributed by atoms with E-state index in [1.54, 1.807) is 6.07 Å². The van der Waals surface area contributed by atoms with E-state index in [0.29, 0.717) is 31.9 Å². The summed E-state index contributed by atoms with van der Waals surface area (Å²) in [6.07, 6.45) is -0.440. The van der Waals surface area contributed by atoms with Crippen LogP contribution in [0.25, 0.3) is 0 Å². The van der Waals surface area contributed by atoms with Gasteiger partial charge in [0.25, 0.3) is 0 Å². The Hall–Kier alpha value is -1.29. The van der Waals surface area contributed by atoms with Gasteiger partial charge in [-0.1, -0.05) is 6.07 Å². The van der Waals surface area contributed by atoms with Crippen LogP contribution in [0.4, 0.5) is 4.39 Å². The van der Waals surface area contributed by atoms with Crippen LogP contribution in [0.15, 0.2) is 24.3 Å². The molecule has 0 aliphatic carbocycles. The lowest BCUT2D eigenvalue weighted by molar-refractivity contribution is 0.245. The lowest BCUT2D eigenvalue weighted by Gasteiger charge is -2.09. The number of hydrogen-bond donors (Lipinski definition) is 1. The summed E-state index contributed by atoms with van der Waals surface area (Å²) in [5.74, 6) is 1.41. The van der Waals surface area contributed by atoms with Gasteiger partial charge in [0.2, 0.25) is 0 Å². The molecule has 16 heavy (non-hydrogen) atoms. The zero-order chi connectivity index (χ0) is 11.8. The van der Waals surface area contributed by atoms with Crippen molar-refractivity contribution in [1.29, 1.82) is 0 Å². The van der Waals surface area contributed by atoms with Crippen LogP contribution in [-0.4, -0.2) is 25.9 Å². The van der Waals surface area contributed by atoms with E-state index in [0.717, 1.165) is 5.75 Å². The number of nitrogens with two attached hydrogens (primary N) is 1. The maximum Gasteiger partial charge on any atom is 0.123 e. The topological polar surface area (TPSA) is 44.5 Å². The molecule has 1 atom stereocenters. The summed E-state index contributed by atoms with van der Waals surface area (Å²) in [6.45, 7) is 2.84. The Morgan fingerprint density at radius 2 is 1.88 bits per heavy atom. The highest BCUT2D eigenvalue weighted by atomic mass is 19.1. The maximum atomic E-state index is 12.5. The highest BCUT2D eigenvalue weighted by Gasteiger charge is 2.00. The molecular weight excluding hydrogens is 209 g/mol. The van der Waals surface area contributed by atoms with Crippen LogP contribution in [0.2, 0.25) is 0 Å². The summed E-state index contributed by atoms with van der Waals surface area (Å²) in [5.41, 5.74) is 5.33. The number of benzene rings is 1. The van der Waals surface area contributed by atoms with Gasteiger partial charge in [0.1, 0.15) is 24.3 Å². The van der Waals surface area contributed by atoms with Crippen molar-refractivity contribution in [2.75, 3.05) is 19.8 Å². The van der Waals surface area contributed by atoms with E-state index in [4.69, 9.17) is 15.2 Å². The molecular formula is C12H18FNO2. The smallest absolute Gasteiger partial charge is 0.123 e. The zero-order valence-corrected chi connectivity index (χ0v) is 9.49. The molecule has 1 rings (SSSR count). The van der Waals surface area contributed by atoms with Gasteiger partial charge in [-0.3, -0.25) is 0 Å². The number of alkyl halides is 1. The third-order valence-corrected chi connectivity index (χ3v) is 1.98. The summed E-state index contributed by atoms with van der Waals surface area (Å²) in [6, 6.07) is 7.26. The first-order valence-corrected chi connectivity index (χ1v) is 5.42. The predicted molar refractivity (Wildman–Crippen MR) is 61.7 cm³/mol. The molecule has 0 aromatic heterocycles. The minimum absolute atomic E-state index is 0.373. The number of ether oxygens (including phenoxy) is 2. The van der Waals surface area contributed by atoms with Crippen LogP contribution in [0.3, 0.4) is 0 Å². The van der Waals surface area contributed by atoms with E-state index in [-0.39, 0.29) is 0 Å². The first-order chi connectivity index (χ1) is 7.72. The fraction of sp³-hybridized carbons (Fsp3) is 0.500. The van der Waals surface area contributed by atoms with Crippen LogP contribution in [0.1, 0.15) is 13.3 Å². The second-order valence-electron chi connectivity index (χ2n) is 3.53. The molecule has 0 aliphatic rings. The van der Waals surface area contributed by atoms with Gasteiger partial charge >= 0.3 is 0 Å². The van der Waals surface area contributed by atoms with Crippen LogP contribution < -0.4 is 15.2 Å². The highest BCUT2D eigenvalue weighted by molar-refractivity contribution is 5.32. The molecule has 1 aromatic carbocycles. The standard InChI is InChI=1S/C12H18FNO2/c1-10(13)5-7-15-11-3-2-4-12(9-11)16-8-6-14/h2-4,9-10H,5-8,14H2,1H3. The molecule has 1 unspecified atom stereocenters. The second kappa shape index (κ2) is 7.06. The van der Waals surface area contributed by atoms with Gasteiger partial charge < -0.3 is 15.2 Å². The minimum Gasteiger partial charge on any atom is -0.493 e. The molecule has 2 N–H and O–H groups in total. The first-order valence-electron chi connectivity index (χ1n) is 5.42. The van der Waals surface area contributed by atoms with E-state index < -0.39 is 6.17 Å². The molecule has 3 nitrogen and oxygen atoms in total. The number of hydrogen-bond acceptors (Lipinski definition) is 3. The molecule has 0 aliphatic heterocycles. The molecule has 0 radical (unpaired) electrons. The Bertz CT molecular complexity index is 305. The third-order valence-electron chi connectivity index (χ3n) is 1.98. The van der Waals surface area contributed by atoms with Crippen LogP contribution in [0, 0.1) is 0 Å². The average molecular weight is 227 g/mol. The van der Waals surface area contributed by atoms with Crippen molar-refractivity contribution >= 4 is 0 Å². The van der Waals surface area contributed by atoms with Gasteiger partial charge in [-0.05, 0) is 19.1 Å². The van der Waals surface area contributed by atoms with Crippen molar-refractivity contribution in [2.45, 2.75) is 19.5 Å². The molecule has 0 spiro atoms. The lowest BCUT2D eigenvalue weighted by atomic mass is 10.3. The fourth-order valence-electron chi connectivity index (χ4n) is 1.17. The van der Waals surface area contributed by atoms with Gasteiger partial charge in [0, 0.05) is 19.0 Å². The highest BCUT2D eigenvalue weighted by Crippen LogP contribution is 2.19. The zero-order valence-electron chi connectivity index (χ0n) is 9.49. The quantitative estimate of drug-likeness (QED) is 0.776. The average Bonchev–Trinajstić information content (AvgIpc) is 2.26. The summed E-state index contributed by atoms with van der Waals surface area (Å²) in [5, 5.41) is 0. The molecule has 4 heteroatoms. The minimum atomic E-state index is -0.836. The summed E-state index contributed by atoms with van der Waals surface area (Å²) in [4.78, 5) is 0. The fourth-order valence-corrected chi connectivity index (χ4v) is 1.17. The summed E-state index contributed by atoms with van der Waals surface area (Å²) >= 11 is 0. The van der Waals surface area contributed by atoms with Crippen molar-refractivity contribution in [3.8, 4) is 11.5 Å². The van der Waals surface area contributed by atoms with Gasteiger partial charge in [-0.25, -0.2) is 4.39 Å². The predicted octanol–water partition coefficient (Wildman–Crippen LogP) is 2.15. The van der Waals surface area contributed by atoms with Crippen molar-refractivity contribution in [1.82, 2.24) is 0 Å². The molecule has 90 valence electrons. The van der Waals surface area contributed by atoms with E-state index in [9.17, 15) is 4.39 Å². The lowest BCUT2D eigenvalue weighted by Crippen LogP contribution is -2.10. The van der Waals surface area contributed by atoms with Gasteiger partial charge in [0.15, 0.2) is 0 Å². The number of halogens is 1. The number of rotatable bonds is 7. The van der Waals surface area contributed by atoms with E-state index in [2.05, 4.69) is 0 Å². The Balaban J connectivity index is 2.40. The first kappa shape index (κ1) is 12.8. The normalized spacial score (nSPS) is 12.2. The van der Waals surface area contributed by atoms with Crippen LogP contribution >= 0.6 is 0 Å². The third kappa shape index (κ3) is 4.98. The Morgan fingerprint density at radius 3 is 2.44 bits per heavy atom. The van der Waals surface area contributed by atoms with Crippen LogP contribution in [-0.2, 0) is 0 Å². The SMILES string of the molecule is CC(F)CCOc1cccc(OCCN)c1.